The number of aromatic nitrogens is 4. The van der Waals surface area contributed by atoms with E-state index in [1.165, 1.54) is 28.9 Å². The number of nitro groups is 1. The van der Waals surface area contributed by atoms with Crippen molar-refractivity contribution in [3.8, 4) is 11.5 Å². The highest BCUT2D eigenvalue weighted by Crippen LogP contribution is 2.30. The molecule has 1 N–H and O–H groups in total. The maximum Gasteiger partial charge on any atom is 0.276 e. The van der Waals surface area contributed by atoms with Crippen LogP contribution in [0.5, 0.6) is 11.5 Å². The van der Waals surface area contributed by atoms with Gasteiger partial charge in [-0.15, -0.1) is 0 Å². The summed E-state index contributed by atoms with van der Waals surface area (Å²) in [4.78, 5) is 23.4. The van der Waals surface area contributed by atoms with Crippen molar-refractivity contribution in [2.45, 2.75) is 6.67 Å². The Balaban J connectivity index is 1.51. The third-order valence-corrected chi connectivity index (χ3v) is 4.84. The summed E-state index contributed by atoms with van der Waals surface area (Å²) in [6.45, 7) is 0.314. The zero-order chi connectivity index (χ0) is 22.7. The van der Waals surface area contributed by atoms with E-state index in [2.05, 4.69) is 31.4 Å². The molecule has 1 amide bonds. The zero-order valence-electron chi connectivity index (χ0n) is 16.2. The first kappa shape index (κ1) is 21.5. The molecule has 0 aliphatic rings. The molecule has 0 atom stereocenters. The maximum atomic E-state index is 12.6. The van der Waals surface area contributed by atoms with Gasteiger partial charge in [-0.3, -0.25) is 19.6 Å². The van der Waals surface area contributed by atoms with E-state index in [0.29, 0.717) is 17.4 Å². The van der Waals surface area contributed by atoms with Crippen molar-refractivity contribution in [1.29, 1.82) is 0 Å². The number of carbonyl (C=O) groups excluding carboxylic acids is 1. The average molecular weight is 518 g/mol. The first-order chi connectivity index (χ1) is 15.4. The van der Waals surface area contributed by atoms with Crippen molar-refractivity contribution in [2.75, 3.05) is 5.32 Å². The van der Waals surface area contributed by atoms with Crippen molar-refractivity contribution in [3.05, 3.63) is 92.4 Å². The Hall–Kier alpha value is -3.70. The number of hydrogen-bond donors (Lipinski definition) is 1. The van der Waals surface area contributed by atoms with Gasteiger partial charge >= 0.3 is 0 Å². The number of nitrogens with one attached hydrogen (secondary N) is 1. The highest BCUT2D eigenvalue weighted by atomic mass is 79.9. The molecule has 0 aliphatic heterocycles. The van der Waals surface area contributed by atoms with Gasteiger partial charge in [0.15, 0.2) is 5.69 Å². The van der Waals surface area contributed by atoms with E-state index < -0.39 is 10.8 Å². The van der Waals surface area contributed by atoms with Crippen LogP contribution in [0.4, 0.5) is 11.4 Å². The van der Waals surface area contributed by atoms with Crippen LogP contribution in [-0.2, 0) is 6.67 Å². The standard InChI is InChI=1S/C20H14BrClN6O4/c21-13-10-23-27(11-13)12-26-6-5-19(25-26)20(29)24-15-7-16(28(30)31)9-18(8-15)32-17-3-1-14(22)2-4-17/h1-11H,12H2,(H,24,29). The monoisotopic (exact) mass is 516 g/mol. The summed E-state index contributed by atoms with van der Waals surface area (Å²) in [7, 11) is 0. The second kappa shape index (κ2) is 9.20. The van der Waals surface area contributed by atoms with Gasteiger partial charge in [-0.25, -0.2) is 4.68 Å². The van der Waals surface area contributed by atoms with E-state index in [-0.39, 0.29) is 22.8 Å². The van der Waals surface area contributed by atoms with Crippen molar-refractivity contribution >= 4 is 44.8 Å². The molecular weight excluding hydrogens is 504 g/mol. The normalized spacial score (nSPS) is 10.7. The van der Waals surface area contributed by atoms with Crippen molar-refractivity contribution < 1.29 is 14.5 Å². The van der Waals surface area contributed by atoms with E-state index in [4.69, 9.17) is 16.3 Å². The first-order valence-corrected chi connectivity index (χ1v) is 10.3. The lowest BCUT2D eigenvalue weighted by Crippen LogP contribution is -2.15. The molecule has 0 saturated heterocycles. The number of carbonyl (C=O) groups is 1. The molecule has 4 aromatic rings. The van der Waals surface area contributed by atoms with Gasteiger partial charge in [-0.1, -0.05) is 11.6 Å². The minimum absolute atomic E-state index is 0.142. The smallest absolute Gasteiger partial charge is 0.276 e. The van der Waals surface area contributed by atoms with Crippen LogP contribution >= 0.6 is 27.5 Å². The van der Waals surface area contributed by atoms with E-state index in [9.17, 15) is 14.9 Å². The summed E-state index contributed by atoms with van der Waals surface area (Å²) >= 11 is 9.18. The van der Waals surface area contributed by atoms with Gasteiger partial charge in [0, 0.05) is 29.5 Å². The van der Waals surface area contributed by atoms with Gasteiger partial charge in [0.25, 0.3) is 11.6 Å². The number of nitrogens with zero attached hydrogens (tertiary/aromatic N) is 5. The Morgan fingerprint density at radius 1 is 1.16 bits per heavy atom. The Morgan fingerprint density at radius 3 is 2.62 bits per heavy atom. The molecule has 162 valence electrons. The Labute approximate surface area is 194 Å². The largest absolute Gasteiger partial charge is 0.457 e. The summed E-state index contributed by atoms with van der Waals surface area (Å²) < 4.78 is 9.68. The third-order valence-electron chi connectivity index (χ3n) is 4.17. The van der Waals surface area contributed by atoms with Gasteiger partial charge < -0.3 is 10.1 Å². The lowest BCUT2D eigenvalue weighted by Gasteiger charge is -2.09. The number of amides is 1. The summed E-state index contributed by atoms with van der Waals surface area (Å²) in [5.41, 5.74) is 0.100. The number of anilines is 1. The second-order valence-electron chi connectivity index (χ2n) is 6.56. The Morgan fingerprint density at radius 2 is 1.94 bits per heavy atom. The first-order valence-electron chi connectivity index (χ1n) is 9.11. The third kappa shape index (κ3) is 5.31. The minimum Gasteiger partial charge on any atom is -0.457 e. The zero-order valence-corrected chi connectivity index (χ0v) is 18.5. The lowest BCUT2D eigenvalue weighted by molar-refractivity contribution is -0.384. The molecule has 0 fully saturated rings. The number of ether oxygens (including phenoxy) is 1. The summed E-state index contributed by atoms with van der Waals surface area (Å²) in [6, 6.07) is 12.1. The van der Waals surface area contributed by atoms with Crippen LogP contribution < -0.4 is 10.1 Å². The molecule has 32 heavy (non-hydrogen) atoms. The van der Waals surface area contributed by atoms with Crippen molar-refractivity contribution in [2.24, 2.45) is 0 Å². The summed E-state index contributed by atoms with van der Waals surface area (Å²) in [6.07, 6.45) is 5.04. The van der Waals surface area contributed by atoms with Crippen LogP contribution in [0.15, 0.2) is 71.6 Å². The van der Waals surface area contributed by atoms with Crippen LogP contribution in [0.25, 0.3) is 0 Å². The molecule has 12 heteroatoms. The van der Waals surface area contributed by atoms with E-state index in [0.717, 1.165) is 4.47 Å². The van der Waals surface area contributed by atoms with Gasteiger partial charge in [0.1, 0.15) is 18.2 Å². The van der Waals surface area contributed by atoms with Gasteiger partial charge in [0.05, 0.1) is 27.3 Å². The molecule has 0 unspecified atom stereocenters. The van der Waals surface area contributed by atoms with Gasteiger partial charge in [0.2, 0.25) is 0 Å². The Kier molecular flexibility index (Phi) is 6.19. The molecular formula is C20H14BrClN6O4. The van der Waals surface area contributed by atoms with Crippen molar-refractivity contribution in [1.82, 2.24) is 19.6 Å². The molecule has 4 rings (SSSR count). The number of halogens is 2. The van der Waals surface area contributed by atoms with Crippen LogP contribution in [0.2, 0.25) is 5.02 Å². The number of hydrogen-bond acceptors (Lipinski definition) is 6. The minimum atomic E-state index is -0.568. The number of rotatable bonds is 7. The maximum absolute atomic E-state index is 12.6. The molecule has 0 aliphatic carbocycles. The van der Waals surface area contributed by atoms with Gasteiger partial charge in [-0.05, 0) is 46.3 Å². The molecule has 10 nitrogen and oxygen atoms in total. The van der Waals surface area contributed by atoms with Crippen LogP contribution in [0.1, 0.15) is 10.5 Å². The highest BCUT2D eigenvalue weighted by Gasteiger charge is 2.15. The molecule has 0 bridgehead atoms. The van der Waals surface area contributed by atoms with E-state index >= 15 is 0 Å². The van der Waals surface area contributed by atoms with Crippen LogP contribution in [0, 0.1) is 10.1 Å². The SMILES string of the molecule is O=C(Nc1cc(Oc2ccc(Cl)cc2)cc([N+](=O)[O-])c1)c1ccn(Cn2cc(Br)cn2)n1. The molecule has 2 aromatic carbocycles. The van der Waals surface area contributed by atoms with Gasteiger partial charge in [-0.2, -0.15) is 10.2 Å². The summed E-state index contributed by atoms with van der Waals surface area (Å²) in [5.74, 6) is 0.103. The van der Waals surface area contributed by atoms with E-state index in [1.807, 2.05) is 0 Å². The van der Waals surface area contributed by atoms with Crippen molar-refractivity contribution in [3.63, 3.8) is 0 Å². The fourth-order valence-corrected chi connectivity index (χ4v) is 3.23. The Bertz CT molecular complexity index is 1290. The fraction of sp³-hybridized carbons (Fsp3) is 0.0500. The molecule has 0 radical (unpaired) electrons. The fourth-order valence-electron chi connectivity index (χ4n) is 2.78. The quantitative estimate of drug-likeness (QED) is 0.274. The molecule has 2 heterocycles. The molecule has 0 spiro atoms. The van der Waals surface area contributed by atoms with Crippen LogP contribution in [-0.4, -0.2) is 30.4 Å². The number of nitro benzene ring substituents is 1. The average Bonchev–Trinajstić information content (AvgIpc) is 3.39. The molecule has 0 saturated carbocycles. The second-order valence-corrected chi connectivity index (χ2v) is 7.91. The number of benzene rings is 2. The summed E-state index contributed by atoms with van der Waals surface area (Å²) in [5, 5.41) is 22.8. The predicted octanol–water partition coefficient (Wildman–Crippen LogP) is 4.95. The lowest BCUT2D eigenvalue weighted by atomic mass is 10.2. The number of non-ortho nitro benzene ring substituents is 1. The topological polar surface area (TPSA) is 117 Å². The highest BCUT2D eigenvalue weighted by molar-refractivity contribution is 9.10. The molecule has 2 aromatic heterocycles. The predicted molar refractivity (Wildman–Crippen MR) is 120 cm³/mol. The van der Waals surface area contributed by atoms with Crippen LogP contribution in [0.3, 0.4) is 0 Å². The van der Waals surface area contributed by atoms with E-state index in [1.54, 1.807) is 47.5 Å².